The second-order valence-electron chi connectivity index (χ2n) is 7.71. The lowest BCUT2D eigenvalue weighted by Gasteiger charge is -2.20. The minimum Gasteiger partial charge on any atom is -0.493 e. The summed E-state index contributed by atoms with van der Waals surface area (Å²) < 4.78 is 17.8. The second-order valence-corrected chi connectivity index (χ2v) is 7.71. The topological polar surface area (TPSA) is 117 Å². The van der Waals surface area contributed by atoms with Crippen LogP contribution in [0, 0.1) is 13.8 Å². The first-order chi connectivity index (χ1) is 16.4. The number of esters is 1. The summed E-state index contributed by atoms with van der Waals surface area (Å²) >= 11 is 0. The number of hydrogen-bond donors (Lipinski definition) is 1. The summed E-state index contributed by atoms with van der Waals surface area (Å²) in [6.07, 6.45) is 2.15. The van der Waals surface area contributed by atoms with Crippen LogP contribution in [-0.2, 0) is 20.7 Å². The van der Waals surface area contributed by atoms with Crippen LogP contribution < -0.4 is 14.8 Å². The number of fused-ring (bicyclic) bond motifs is 1. The minimum absolute atomic E-state index is 0.00123. The Labute approximate surface area is 198 Å². The molecule has 0 spiro atoms. The quantitative estimate of drug-likeness (QED) is 0.426. The number of ether oxygens (including phenoxy) is 3. The number of carbonyl (C=O) groups excluding carboxylic acids is 2. The van der Waals surface area contributed by atoms with Crippen LogP contribution in [0.1, 0.15) is 55.2 Å². The monoisotopic (exact) mass is 469 g/mol. The van der Waals surface area contributed by atoms with Crippen molar-refractivity contribution in [3.63, 3.8) is 0 Å². The van der Waals surface area contributed by atoms with Crippen LogP contribution >= 0.6 is 0 Å². The maximum Gasteiger partial charge on any atom is 0.308 e. The summed E-state index contributed by atoms with van der Waals surface area (Å²) in [5, 5.41) is 7.17. The van der Waals surface area contributed by atoms with Crippen molar-refractivity contribution in [2.75, 3.05) is 20.3 Å². The van der Waals surface area contributed by atoms with E-state index in [4.69, 9.17) is 14.2 Å². The third kappa shape index (κ3) is 5.81. The molecular weight excluding hydrogens is 438 g/mol. The van der Waals surface area contributed by atoms with Gasteiger partial charge >= 0.3 is 5.97 Å². The molecule has 0 radical (unpaired) electrons. The molecule has 1 amide bonds. The van der Waals surface area contributed by atoms with Crippen molar-refractivity contribution in [2.24, 2.45) is 0 Å². The molecular formula is C24H31N5O5. The van der Waals surface area contributed by atoms with Gasteiger partial charge in [0.2, 0.25) is 5.91 Å². The fourth-order valence-electron chi connectivity index (χ4n) is 3.84. The Bertz CT molecular complexity index is 1160. The van der Waals surface area contributed by atoms with Gasteiger partial charge in [0.25, 0.3) is 5.78 Å². The number of aromatic nitrogens is 4. The average molecular weight is 470 g/mol. The number of nitrogens with zero attached hydrogens (tertiary/aromatic N) is 4. The van der Waals surface area contributed by atoms with Gasteiger partial charge in [-0.05, 0) is 57.4 Å². The highest BCUT2D eigenvalue weighted by atomic mass is 16.5. The first kappa shape index (κ1) is 24.9. The van der Waals surface area contributed by atoms with Crippen molar-refractivity contribution in [1.82, 2.24) is 24.9 Å². The molecule has 0 aliphatic carbocycles. The average Bonchev–Trinajstić information content (AvgIpc) is 3.27. The molecule has 1 atom stereocenters. The maximum absolute atomic E-state index is 12.9. The molecule has 10 nitrogen and oxygen atoms in total. The number of methoxy groups -OCH3 is 1. The van der Waals surface area contributed by atoms with Gasteiger partial charge in [0.1, 0.15) is 6.33 Å². The van der Waals surface area contributed by atoms with Crippen molar-refractivity contribution >= 4 is 17.7 Å². The van der Waals surface area contributed by atoms with Gasteiger partial charge < -0.3 is 19.5 Å². The number of aryl methyl sites for hydroxylation is 2. The minimum atomic E-state index is -0.575. The van der Waals surface area contributed by atoms with E-state index in [2.05, 4.69) is 20.4 Å². The summed E-state index contributed by atoms with van der Waals surface area (Å²) in [4.78, 5) is 33.8. The molecule has 1 aromatic carbocycles. The van der Waals surface area contributed by atoms with Crippen LogP contribution in [-0.4, -0.2) is 51.8 Å². The predicted molar refractivity (Wildman–Crippen MR) is 125 cm³/mol. The Morgan fingerprint density at radius 2 is 1.94 bits per heavy atom. The fraction of sp³-hybridized carbons (Fsp3) is 0.458. The van der Waals surface area contributed by atoms with E-state index in [9.17, 15) is 9.59 Å². The summed E-state index contributed by atoms with van der Waals surface area (Å²) in [5.74, 6) is 1.06. The highest BCUT2D eigenvalue weighted by Crippen LogP contribution is 2.31. The zero-order valence-corrected chi connectivity index (χ0v) is 20.3. The smallest absolute Gasteiger partial charge is 0.308 e. The molecule has 0 fully saturated rings. The lowest BCUT2D eigenvalue weighted by Crippen LogP contribution is -2.31. The lowest BCUT2D eigenvalue weighted by molar-refractivity contribution is -0.143. The SMILES string of the molecule is CCOC(=O)CC(NC(=O)CCc1c(C)nc2ncnn2c1C)c1ccc(OCC)c(OC)c1. The Hall–Kier alpha value is -3.69. The van der Waals surface area contributed by atoms with Gasteiger partial charge in [0.05, 0.1) is 32.8 Å². The summed E-state index contributed by atoms with van der Waals surface area (Å²) in [5.41, 5.74) is 3.37. The third-order valence-electron chi connectivity index (χ3n) is 5.49. The molecule has 0 saturated carbocycles. The van der Waals surface area contributed by atoms with Crippen LogP contribution in [0.25, 0.3) is 5.78 Å². The molecule has 34 heavy (non-hydrogen) atoms. The molecule has 1 unspecified atom stereocenters. The molecule has 0 aliphatic heterocycles. The van der Waals surface area contributed by atoms with Crippen LogP contribution in [0.5, 0.6) is 11.5 Å². The van der Waals surface area contributed by atoms with Gasteiger partial charge in [-0.3, -0.25) is 9.59 Å². The summed E-state index contributed by atoms with van der Waals surface area (Å²) in [6.45, 7) is 8.21. The number of hydrogen-bond acceptors (Lipinski definition) is 8. The largest absolute Gasteiger partial charge is 0.493 e. The van der Waals surface area contributed by atoms with Gasteiger partial charge in [0.15, 0.2) is 11.5 Å². The van der Waals surface area contributed by atoms with E-state index in [0.717, 1.165) is 22.5 Å². The predicted octanol–water partition coefficient (Wildman–Crippen LogP) is 2.89. The van der Waals surface area contributed by atoms with Gasteiger partial charge in [-0.2, -0.15) is 10.1 Å². The fourth-order valence-corrected chi connectivity index (χ4v) is 3.84. The van der Waals surface area contributed by atoms with E-state index >= 15 is 0 Å². The molecule has 182 valence electrons. The Kier molecular flexibility index (Phi) is 8.39. The van der Waals surface area contributed by atoms with E-state index in [1.165, 1.54) is 6.33 Å². The number of amides is 1. The number of carbonyl (C=O) groups is 2. The van der Waals surface area contributed by atoms with Crippen LogP contribution in [0.3, 0.4) is 0 Å². The molecule has 0 saturated heterocycles. The molecule has 10 heteroatoms. The Balaban J connectivity index is 1.77. The van der Waals surface area contributed by atoms with Crippen LogP contribution in [0.2, 0.25) is 0 Å². The van der Waals surface area contributed by atoms with Crippen LogP contribution in [0.4, 0.5) is 0 Å². The molecule has 2 aromatic heterocycles. The van der Waals surface area contributed by atoms with Crippen molar-refractivity contribution in [2.45, 2.75) is 53.0 Å². The first-order valence-electron chi connectivity index (χ1n) is 11.3. The van der Waals surface area contributed by atoms with E-state index in [1.807, 2.05) is 26.8 Å². The highest BCUT2D eigenvalue weighted by molar-refractivity contribution is 5.78. The van der Waals surface area contributed by atoms with Gasteiger partial charge in [-0.15, -0.1) is 0 Å². The summed E-state index contributed by atoms with van der Waals surface area (Å²) in [7, 11) is 1.55. The molecule has 3 rings (SSSR count). The van der Waals surface area contributed by atoms with Crippen molar-refractivity contribution < 1.29 is 23.8 Å². The molecule has 0 aliphatic rings. The lowest BCUT2D eigenvalue weighted by atomic mass is 10.0. The number of nitrogens with one attached hydrogen (secondary N) is 1. The van der Waals surface area contributed by atoms with Gasteiger partial charge in [-0.25, -0.2) is 9.50 Å². The van der Waals surface area contributed by atoms with Crippen molar-refractivity contribution in [1.29, 1.82) is 0 Å². The Morgan fingerprint density at radius 1 is 1.15 bits per heavy atom. The van der Waals surface area contributed by atoms with E-state index in [1.54, 1.807) is 30.7 Å². The zero-order chi connectivity index (χ0) is 24.7. The molecule has 1 N–H and O–H groups in total. The van der Waals surface area contributed by atoms with Crippen molar-refractivity contribution in [3.8, 4) is 11.5 Å². The summed E-state index contributed by atoms with van der Waals surface area (Å²) in [6, 6.07) is 4.78. The first-order valence-corrected chi connectivity index (χ1v) is 11.3. The van der Waals surface area contributed by atoms with E-state index in [-0.39, 0.29) is 25.4 Å². The van der Waals surface area contributed by atoms with Gasteiger partial charge in [0, 0.05) is 17.8 Å². The number of benzene rings is 1. The zero-order valence-electron chi connectivity index (χ0n) is 20.3. The van der Waals surface area contributed by atoms with Crippen molar-refractivity contribution in [3.05, 3.63) is 47.0 Å². The standard InChI is InChI=1S/C24H31N5O5/c1-6-33-20-10-8-17(12-21(20)32-5)19(13-23(31)34-7-2)28-22(30)11-9-18-15(3)27-24-25-14-26-29(24)16(18)4/h8,10,12,14,19H,6-7,9,11,13H2,1-5H3,(H,28,30). The van der Waals surface area contributed by atoms with E-state index < -0.39 is 12.0 Å². The Morgan fingerprint density at radius 3 is 2.65 bits per heavy atom. The number of rotatable bonds is 11. The molecule has 3 aromatic rings. The molecule has 2 heterocycles. The van der Waals surface area contributed by atoms with Gasteiger partial charge in [-0.1, -0.05) is 6.07 Å². The highest BCUT2D eigenvalue weighted by Gasteiger charge is 2.22. The second kappa shape index (κ2) is 11.4. The van der Waals surface area contributed by atoms with E-state index in [0.29, 0.717) is 30.3 Å². The third-order valence-corrected chi connectivity index (χ3v) is 5.49. The van der Waals surface area contributed by atoms with Crippen LogP contribution in [0.15, 0.2) is 24.5 Å². The maximum atomic E-state index is 12.9. The molecule has 0 bridgehead atoms. The normalized spacial score (nSPS) is 11.8.